The molecule has 0 aliphatic heterocycles. The van der Waals surface area contributed by atoms with Crippen LogP contribution in [0.4, 0.5) is 4.79 Å². The lowest BCUT2D eigenvalue weighted by molar-refractivity contribution is 0.0206. The van der Waals surface area contributed by atoms with Gasteiger partial charge in [0.2, 0.25) is 0 Å². The van der Waals surface area contributed by atoms with Crippen LogP contribution in [-0.4, -0.2) is 16.9 Å². The Morgan fingerprint density at radius 1 is 0.903 bits per heavy atom. The van der Waals surface area contributed by atoms with Gasteiger partial charge in [-0.05, 0) is 80.8 Å². The average molecular weight is 435 g/mol. The molecular formula is C27H46O4. The van der Waals surface area contributed by atoms with Gasteiger partial charge in [-0.2, -0.15) is 0 Å². The van der Waals surface area contributed by atoms with Gasteiger partial charge < -0.3 is 14.6 Å². The molecule has 0 fully saturated rings. The molecule has 0 amide bonds. The normalized spacial score (nSPS) is 11.9. The van der Waals surface area contributed by atoms with Crippen molar-refractivity contribution in [2.24, 2.45) is 0 Å². The summed E-state index contributed by atoms with van der Waals surface area (Å²) in [6.45, 7) is 9.79. The Kier molecular flexibility index (Phi) is 15.5. The van der Waals surface area contributed by atoms with Gasteiger partial charge >= 0.3 is 6.16 Å². The van der Waals surface area contributed by atoms with Crippen LogP contribution in [0.25, 0.3) is 0 Å². The summed E-state index contributed by atoms with van der Waals surface area (Å²) in [5.41, 5.74) is 1.87. The summed E-state index contributed by atoms with van der Waals surface area (Å²) in [5.74, 6) is 1.56. The van der Waals surface area contributed by atoms with Gasteiger partial charge in [0.15, 0.2) is 0 Å². The van der Waals surface area contributed by atoms with Crippen LogP contribution in [0.1, 0.15) is 100 Å². The molecule has 2 unspecified atom stereocenters. The van der Waals surface area contributed by atoms with Crippen LogP contribution < -0.4 is 4.74 Å². The number of ether oxygens (including phenoxy) is 2. The lowest BCUT2D eigenvalue weighted by atomic mass is 9.84. The van der Waals surface area contributed by atoms with Gasteiger partial charge in [-0.3, -0.25) is 0 Å². The molecule has 2 aromatic rings. The molecule has 2 aromatic carbocycles. The van der Waals surface area contributed by atoms with E-state index in [-0.39, 0.29) is 29.7 Å². The molecule has 4 heteroatoms. The summed E-state index contributed by atoms with van der Waals surface area (Å²) in [4.78, 5) is 11.7. The number of hydrogen-bond acceptors (Lipinski definition) is 4. The lowest BCUT2D eigenvalue weighted by Gasteiger charge is -2.21. The number of benzene rings is 2. The summed E-state index contributed by atoms with van der Waals surface area (Å²) < 4.78 is 10.4. The van der Waals surface area contributed by atoms with Gasteiger partial charge in [0, 0.05) is 0 Å². The Bertz CT molecular complexity index is 727. The van der Waals surface area contributed by atoms with Crippen molar-refractivity contribution in [3.63, 3.8) is 0 Å². The third kappa shape index (κ3) is 10.9. The number of phenols is 1. The maximum absolute atomic E-state index is 11.7. The zero-order valence-electron chi connectivity index (χ0n) is 16.9. The average Bonchev–Trinajstić information content (AvgIpc) is 2.59. The van der Waals surface area contributed by atoms with Crippen LogP contribution in [0.15, 0.2) is 48.5 Å². The van der Waals surface area contributed by atoms with E-state index in [9.17, 15) is 9.90 Å². The van der Waals surface area contributed by atoms with Crippen molar-refractivity contribution in [2.75, 3.05) is 0 Å². The Labute approximate surface area is 191 Å². The van der Waals surface area contributed by atoms with Gasteiger partial charge in [-0.1, -0.05) is 67.8 Å². The predicted molar refractivity (Wildman–Crippen MR) is 134 cm³/mol. The summed E-state index contributed by atoms with van der Waals surface area (Å²) in [5, 5.41) is 9.48. The molecule has 4 nitrogen and oxygen atoms in total. The van der Waals surface area contributed by atoms with Gasteiger partial charge in [-0.15, -0.1) is 0 Å². The molecule has 0 aromatic heterocycles. The molecule has 2 rings (SSSR count). The first-order valence-corrected chi connectivity index (χ1v) is 9.47. The quantitative estimate of drug-likeness (QED) is 0.364. The Morgan fingerprint density at radius 2 is 1.39 bits per heavy atom. The predicted octanol–water partition coefficient (Wildman–Crippen LogP) is 8.94. The van der Waals surface area contributed by atoms with Crippen molar-refractivity contribution in [1.29, 1.82) is 0 Å². The molecule has 0 radical (unpaired) electrons. The van der Waals surface area contributed by atoms with Crippen molar-refractivity contribution in [1.82, 2.24) is 0 Å². The fourth-order valence-electron chi connectivity index (χ4n) is 3.08. The topological polar surface area (TPSA) is 55.8 Å². The van der Waals surface area contributed by atoms with E-state index in [0.717, 1.165) is 12.8 Å². The molecule has 0 spiro atoms. The molecule has 2 atom stereocenters. The molecule has 1 N–H and O–H groups in total. The van der Waals surface area contributed by atoms with E-state index in [1.54, 1.807) is 45.0 Å². The van der Waals surface area contributed by atoms with Gasteiger partial charge in [0.25, 0.3) is 0 Å². The molecule has 0 aliphatic rings. The minimum absolute atomic E-state index is 0. The van der Waals surface area contributed by atoms with E-state index < -0.39 is 11.8 Å². The number of carbonyl (C=O) groups excluding carboxylic acids is 1. The molecule has 0 heterocycles. The number of rotatable bonds is 6. The fourth-order valence-corrected chi connectivity index (χ4v) is 3.08. The number of carbonyl (C=O) groups is 1. The van der Waals surface area contributed by atoms with E-state index in [0.29, 0.717) is 23.3 Å². The van der Waals surface area contributed by atoms with Crippen LogP contribution in [0, 0.1) is 0 Å². The summed E-state index contributed by atoms with van der Waals surface area (Å²) in [6, 6.07) is 15.1. The van der Waals surface area contributed by atoms with E-state index >= 15 is 0 Å². The van der Waals surface area contributed by atoms with E-state index in [1.165, 1.54) is 11.1 Å². The first kappa shape index (κ1) is 33.2. The second-order valence-corrected chi connectivity index (χ2v) is 7.97. The van der Waals surface area contributed by atoms with Crippen molar-refractivity contribution in [3.05, 3.63) is 59.7 Å². The van der Waals surface area contributed by atoms with Crippen molar-refractivity contribution in [2.45, 2.75) is 94.6 Å². The minimum atomic E-state index is -0.693. The molecule has 31 heavy (non-hydrogen) atoms. The summed E-state index contributed by atoms with van der Waals surface area (Å²) in [7, 11) is 0. The third-order valence-electron chi connectivity index (χ3n) is 4.54. The van der Waals surface area contributed by atoms with Crippen LogP contribution >= 0.6 is 0 Å². The van der Waals surface area contributed by atoms with Crippen LogP contribution in [0.3, 0.4) is 0 Å². The largest absolute Gasteiger partial charge is 0.514 e. The van der Waals surface area contributed by atoms with Gasteiger partial charge in [-0.25, -0.2) is 4.79 Å². The van der Waals surface area contributed by atoms with E-state index in [4.69, 9.17) is 9.47 Å². The second kappa shape index (κ2) is 14.5. The third-order valence-corrected chi connectivity index (χ3v) is 4.54. The molecule has 0 aliphatic carbocycles. The van der Waals surface area contributed by atoms with E-state index in [1.807, 2.05) is 24.3 Å². The van der Waals surface area contributed by atoms with Gasteiger partial charge in [0.1, 0.15) is 17.1 Å². The first-order chi connectivity index (χ1) is 12.7. The lowest BCUT2D eigenvalue weighted by Crippen LogP contribution is -2.25. The highest BCUT2D eigenvalue weighted by Gasteiger charge is 2.19. The SMILES string of the molecule is C.C.C.C.CCC(CC(C)c1ccc(OC(=O)OC(C)(C)C)cc1)c1ccc(O)cc1. The molecule has 0 saturated carbocycles. The number of phenolic OH excluding ortho intramolecular Hbond substituents is 1. The standard InChI is InChI=1S/C23H30O4.4CH4/c1-6-17(19-7-11-20(24)12-8-19)15-16(2)18-9-13-21(14-10-18)26-22(25)27-23(3,4)5;;;;/h7-14,16-17,24H,6,15H2,1-5H3;4*1H4. The fraction of sp³-hybridized carbons (Fsp3) is 0.519. The Morgan fingerprint density at radius 3 is 1.84 bits per heavy atom. The monoisotopic (exact) mass is 434 g/mol. The smallest absolute Gasteiger partial charge is 0.508 e. The van der Waals surface area contributed by atoms with Crippen molar-refractivity contribution >= 4 is 6.16 Å². The highest BCUT2D eigenvalue weighted by Crippen LogP contribution is 2.33. The maximum Gasteiger partial charge on any atom is 0.514 e. The number of hydrogen-bond donors (Lipinski definition) is 1. The molecule has 0 bridgehead atoms. The highest BCUT2D eigenvalue weighted by atomic mass is 16.7. The van der Waals surface area contributed by atoms with E-state index in [2.05, 4.69) is 13.8 Å². The molecule has 178 valence electrons. The Hall–Kier alpha value is -2.49. The van der Waals surface area contributed by atoms with Crippen LogP contribution in [-0.2, 0) is 4.74 Å². The van der Waals surface area contributed by atoms with Crippen LogP contribution in [0.2, 0.25) is 0 Å². The zero-order valence-corrected chi connectivity index (χ0v) is 16.9. The molecular weight excluding hydrogens is 388 g/mol. The minimum Gasteiger partial charge on any atom is -0.508 e. The molecule has 0 saturated heterocycles. The maximum atomic E-state index is 11.7. The van der Waals surface area contributed by atoms with Gasteiger partial charge in [0.05, 0.1) is 0 Å². The van der Waals surface area contributed by atoms with Crippen LogP contribution in [0.5, 0.6) is 11.5 Å². The zero-order chi connectivity index (χ0) is 20.0. The van der Waals surface area contributed by atoms with Crippen molar-refractivity contribution in [3.8, 4) is 11.5 Å². The highest BCUT2D eigenvalue weighted by molar-refractivity contribution is 5.64. The van der Waals surface area contributed by atoms with Crippen molar-refractivity contribution < 1.29 is 19.4 Å². The number of aromatic hydroxyl groups is 1. The Balaban J connectivity index is -0.00000196. The second-order valence-electron chi connectivity index (χ2n) is 7.97. The summed E-state index contributed by atoms with van der Waals surface area (Å²) in [6.07, 6.45) is 1.35. The first-order valence-electron chi connectivity index (χ1n) is 9.47. The summed E-state index contributed by atoms with van der Waals surface area (Å²) >= 11 is 0.